The second-order valence-electron chi connectivity index (χ2n) is 6.86. The topological polar surface area (TPSA) is 62.3 Å². The monoisotopic (exact) mass is 391 g/mol. The molecular weight excluding hydrogens is 370 g/mol. The summed E-state index contributed by atoms with van der Waals surface area (Å²) in [5, 5.41) is 5.02. The molecule has 1 aliphatic rings. The fourth-order valence-corrected chi connectivity index (χ4v) is 4.03. The number of aromatic nitrogens is 1. The lowest BCUT2D eigenvalue weighted by molar-refractivity contribution is -0.117. The molecule has 0 fully saturated rings. The molecule has 3 aromatic rings. The van der Waals surface area contributed by atoms with Crippen LogP contribution in [0.4, 0.5) is 11.4 Å². The van der Waals surface area contributed by atoms with Gasteiger partial charge in [0.1, 0.15) is 0 Å². The zero-order valence-electron chi connectivity index (χ0n) is 15.4. The molecule has 142 valence electrons. The summed E-state index contributed by atoms with van der Waals surface area (Å²) in [7, 11) is 0. The van der Waals surface area contributed by atoms with Crippen molar-refractivity contribution in [3.05, 3.63) is 76.2 Å². The van der Waals surface area contributed by atoms with Crippen molar-refractivity contribution in [3.63, 3.8) is 0 Å². The maximum Gasteiger partial charge on any atom is 0.284 e. The molecule has 0 spiro atoms. The molecule has 1 N–H and O–H groups in total. The molecule has 0 atom stereocenters. The van der Waals surface area contributed by atoms with Gasteiger partial charge >= 0.3 is 0 Å². The fourth-order valence-electron chi connectivity index (χ4n) is 3.50. The van der Waals surface area contributed by atoms with E-state index in [0.29, 0.717) is 23.7 Å². The van der Waals surface area contributed by atoms with E-state index in [9.17, 15) is 9.59 Å². The Morgan fingerprint density at radius 1 is 1.11 bits per heavy atom. The van der Waals surface area contributed by atoms with Gasteiger partial charge in [-0.15, -0.1) is 11.3 Å². The normalized spacial score (nSPS) is 13.1. The van der Waals surface area contributed by atoms with E-state index in [1.54, 1.807) is 11.6 Å². The van der Waals surface area contributed by atoms with Crippen molar-refractivity contribution < 1.29 is 9.59 Å². The maximum absolute atomic E-state index is 12.6. The van der Waals surface area contributed by atoms with E-state index in [0.717, 1.165) is 24.9 Å². The first-order chi connectivity index (χ1) is 13.7. The number of Topliss-reactive ketones (excluding diaryl/α,β-unsaturated/α-hetero) is 1. The van der Waals surface area contributed by atoms with Crippen molar-refractivity contribution in [3.8, 4) is 0 Å². The van der Waals surface area contributed by atoms with Gasteiger partial charge in [-0.05, 0) is 42.2 Å². The van der Waals surface area contributed by atoms with Gasteiger partial charge in [-0.3, -0.25) is 9.59 Å². The first kappa shape index (κ1) is 18.4. The highest BCUT2D eigenvalue weighted by Gasteiger charge is 2.18. The fraction of sp³-hybridized carbons (Fsp3) is 0.227. The molecule has 0 saturated heterocycles. The number of ketones is 1. The average molecular weight is 391 g/mol. The van der Waals surface area contributed by atoms with Crippen molar-refractivity contribution in [2.75, 3.05) is 23.3 Å². The van der Waals surface area contributed by atoms with Gasteiger partial charge in [-0.2, -0.15) is 0 Å². The van der Waals surface area contributed by atoms with E-state index in [1.807, 2.05) is 30.3 Å². The number of hydrogen-bond donors (Lipinski definition) is 1. The minimum atomic E-state index is -0.220. The second kappa shape index (κ2) is 8.35. The van der Waals surface area contributed by atoms with Gasteiger partial charge < -0.3 is 10.2 Å². The van der Waals surface area contributed by atoms with Gasteiger partial charge in [0.25, 0.3) is 5.91 Å². The summed E-state index contributed by atoms with van der Waals surface area (Å²) in [4.78, 5) is 30.8. The molecule has 5 nitrogen and oxygen atoms in total. The highest BCUT2D eigenvalue weighted by Crippen LogP contribution is 2.26. The average Bonchev–Trinajstić information content (AvgIpc) is 3.25. The standard InChI is InChI=1S/C22H21N3O2S/c26-19(15-25-12-3-5-17-4-1-2-6-20(17)25)14-16-7-9-18(10-8-16)24-21(27)22-23-11-13-28-22/h1-2,4,6-11,13H,3,5,12,14-15H2,(H,24,27). The summed E-state index contributed by atoms with van der Waals surface area (Å²) in [5.74, 6) is -0.0288. The Balaban J connectivity index is 1.34. The third kappa shape index (κ3) is 4.28. The Morgan fingerprint density at radius 2 is 1.93 bits per heavy atom. The van der Waals surface area contributed by atoms with Gasteiger partial charge in [-0.25, -0.2) is 4.98 Å². The number of carbonyl (C=O) groups is 2. The summed E-state index contributed by atoms with van der Waals surface area (Å²) in [6.07, 6.45) is 4.15. The molecular formula is C22H21N3O2S. The summed E-state index contributed by atoms with van der Waals surface area (Å²) >= 11 is 1.30. The molecule has 2 aromatic carbocycles. The van der Waals surface area contributed by atoms with Crippen LogP contribution in [0.3, 0.4) is 0 Å². The molecule has 1 amide bonds. The third-order valence-corrected chi connectivity index (χ3v) is 5.59. The van der Waals surface area contributed by atoms with Gasteiger partial charge in [-0.1, -0.05) is 30.3 Å². The van der Waals surface area contributed by atoms with Crippen LogP contribution in [0.25, 0.3) is 0 Å². The quantitative estimate of drug-likeness (QED) is 0.691. The van der Waals surface area contributed by atoms with E-state index >= 15 is 0 Å². The van der Waals surface area contributed by atoms with Crippen LogP contribution in [0.15, 0.2) is 60.1 Å². The van der Waals surface area contributed by atoms with Gasteiger partial charge in [0.2, 0.25) is 0 Å². The van der Waals surface area contributed by atoms with Crippen LogP contribution in [-0.2, 0) is 17.6 Å². The molecule has 1 aromatic heterocycles. The molecule has 28 heavy (non-hydrogen) atoms. The lowest BCUT2D eigenvalue weighted by Crippen LogP contribution is -2.34. The molecule has 0 saturated carbocycles. The molecule has 0 bridgehead atoms. The lowest BCUT2D eigenvalue weighted by atomic mass is 10.0. The van der Waals surface area contributed by atoms with E-state index in [1.165, 1.54) is 22.6 Å². The summed E-state index contributed by atoms with van der Waals surface area (Å²) in [6.45, 7) is 1.35. The Kier molecular flexibility index (Phi) is 5.48. The molecule has 0 radical (unpaired) electrons. The number of rotatable bonds is 6. The minimum absolute atomic E-state index is 0.191. The zero-order valence-corrected chi connectivity index (χ0v) is 16.2. The molecule has 6 heteroatoms. The molecule has 2 heterocycles. The summed E-state index contributed by atoms with van der Waals surface area (Å²) in [6, 6.07) is 15.7. The van der Waals surface area contributed by atoms with Gasteiger partial charge in [0.15, 0.2) is 10.8 Å². The molecule has 4 rings (SSSR count). The van der Waals surface area contributed by atoms with Gasteiger partial charge in [0, 0.05) is 35.9 Å². The minimum Gasteiger partial charge on any atom is -0.364 e. The molecule has 0 aliphatic carbocycles. The predicted octanol–water partition coefficient (Wildman–Crippen LogP) is 3.96. The second-order valence-corrected chi connectivity index (χ2v) is 7.75. The lowest BCUT2D eigenvalue weighted by Gasteiger charge is -2.30. The van der Waals surface area contributed by atoms with Crippen molar-refractivity contribution >= 4 is 34.4 Å². The smallest absolute Gasteiger partial charge is 0.284 e. The van der Waals surface area contributed by atoms with Crippen LogP contribution < -0.4 is 10.2 Å². The van der Waals surface area contributed by atoms with E-state index in [2.05, 4.69) is 33.4 Å². The number of hydrogen-bond acceptors (Lipinski definition) is 5. The van der Waals surface area contributed by atoms with Crippen molar-refractivity contribution in [2.45, 2.75) is 19.3 Å². The molecule has 0 unspecified atom stereocenters. The number of carbonyl (C=O) groups excluding carboxylic acids is 2. The number of nitrogens with one attached hydrogen (secondary N) is 1. The first-order valence-corrected chi connectivity index (χ1v) is 10.2. The van der Waals surface area contributed by atoms with E-state index in [4.69, 9.17) is 0 Å². The Hall–Kier alpha value is -2.99. The number of para-hydroxylation sites is 1. The van der Waals surface area contributed by atoms with Crippen LogP contribution in [0.5, 0.6) is 0 Å². The number of aryl methyl sites for hydroxylation is 1. The Morgan fingerprint density at radius 3 is 2.71 bits per heavy atom. The number of thiazole rings is 1. The number of fused-ring (bicyclic) bond motifs is 1. The van der Waals surface area contributed by atoms with Gasteiger partial charge in [0.05, 0.1) is 6.54 Å². The zero-order chi connectivity index (χ0) is 19.3. The molecule has 1 aliphatic heterocycles. The van der Waals surface area contributed by atoms with Crippen LogP contribution in [-0.4, -0.2) is 29.8 Å². The summed E-state index contributed by atoms with van der Waals surface area (Å²) in [5.41, 5.74) is 4.15. The van der Waals surface area contributed by atoms with E-state index in [-0.39, 0.29) is 11.7 Å². The number of nitrogens with zero attached hydrogens (tertiary/aromatic N) is 2. The SMILES string of the molecule is O=C(Cc1ccc(NC(=O)c2nccs2)cc1)CN1CCCc2ccccc21. The highest BCUT2D eigenvalue weighted by atomic mass is 32.1. The third-order valence-electron chi connectivity index (χ3n) is 4.81. The predicted molar refractivity (Wildman–Crippen MR) is 112 cm³/mol. The number of benzene rings is 2. The van der Waals surface area contributed by atoms with Crippen molar-refractivity contribution in [1.29, 1.82) is 0 Å². The van der Waals surface area contributed by atoms with Crippen LogP contribution >= 0.6 is 11.3 Å². The number of anilines is 2. The highest BCUT2D eigenvalue weighted by molar-refractivity contribution is 7.11. The summed E-state index contributed by atoms with van der Waals surface area (Å²) < 4.78 is 0. The Bertz CT molecular complexity index is 968. The van der Waals surface area contributed by atoms with Crippen LogP contribution in [0.1, 0.15) is 27.3 Å². The Labute approximate surface area is 168 Å². The van der Waals surface area contributed by atoms with E-state index < -0.39 is 0 Å². The van der Waals surface area contributed by atoms with Crippen LogP contribution in [0.2, 0.25) is 0 Å². The van der Waals surface area contributed by atoms with Crippen molar-refractivity contribution in [1.82, 2.24) is 4.98 Å². The first-order valence-electron chi connectivity index (χ1n) is 9.33. The van der Waals surface area contributed by atoms with Crippen molar-refractivity contribution in [2.24, 2.45) is 0 Å². The van der Waals surface area contributed by atoms with Crippen LogP contribution in [0, 0.1) is 0 Å². The maximum atomic E-state index is 12.6. The number of amides is 1. The largest absolute Gasteiger partial charge is 0.364 e.